The van der Waals surface area contributed by atoms with Crippen molar-refractivity contribution < 1.29 is 19.1 Å². The lowest BCUT2D eigenvalue weighted by Crippen LogP contribution is -2.28. The molecule has 1 amide bonds. The van der Waals surface area contributed by atoms with E-state index in [9.17, 15) is 9.59 Å². The Balaban J connectivity index is 1.81. The average Bonchev–Trinajstić information content (AvgIpc) is 3.16. The van der Waals surface area contributed by atoms with E-state index in [4.69, 9.17) is 21.7 Å². The number of carbonyl (C=O) groups excluding carboxylic acids is 1. The third kappa shape index (κ3) is 3.67. The van der Waals surface area contributed by atoms with Crippen LogP contribution in [0.5, 0.6) is 0 Å². The molecular formula is C18H15NO4S2. The number of rotatable bonds is 5. The number of nitrogens with zero attached hydrogens (tertiary/aromatic N) is 1. The summed E-state index contributed by atoms with van der Waals surface area (Å²) in [6.07, 6.45) is 2.53. The first kappa shape index (κ1) is 17.4. The fourth-order valence-electron chi connectivity index (χ4n) is 2.41. The second-order valence-electron chi connectivity index (χ2n) is 5.42. The van der Waals surface area contributed by atoms with E-state index in [2.05, 4.69) is 0 Å². The third-order valence-electron chi connectivity index (χ3n) is 3.64. The summed E-state index contributed by atoms with van der Waals surface area (Å²) in [5, 5.41) is 8.94. The summed E-state index contributed by atoms with van der Waals surface area (Å²) >= 11 is 6.51. The second-order valence-corrected chi connectivity index (χ2v) is 7.09. The minimum atomic E-state index is -0.971. The molecule has 128 valence electrons. The van der Waals surface area contributed by atoms with Crippen molar-refractivity contribution in [2.45, 2.75) is 13.3 Å². The van der Waals surface area contributed by atoms with Gasteiger partial charge in [0, 0.05) is 18.2 Å². The summed E-state index contributed by atoms with van der Waals surface area (Å²) in [7, 11) is 0. The smallest absolute Gasteiger partial charge is 0.335 e. The largest absolute Gasteiger partial charge is 0.478 e. The van der Waals surface area contributed by atoms with Gasteiger partial charge in [0.15, 0.2) is 0 Å². The maximum Gasteiger partial charge on any atom is 0.335 e. The van der Waals surface area contributed by atoms with Gasteiger partial charge in [-0.25, -0.2) is 4.79 Å². The molecule has 1 N–H and O–H groups in total. The standard InChI is InChI=1S/C18H15NO4S2/c1-2-9-19-16(20)15(25-18(19)24)10-13-7-8-14(23-13)11-3-5-12(6-4-11)17(21)22/h3-8,10H,2,9H2,1H3,(H,21,22)/b15-10+. The predicted octanol–water partition coefficient (Wildman–Crippen LogP) is 4.26. The molecule has 3 rings (SSSR count). The zero-order valence-electron chi connectivity index (χ0n) is 13.4. The maximum atomic E-state index is 12.3. The Morgan fingerprint density at radius 1 is 1.28 bits per heavy atom. The number of thiocarbonyl (C=S) groups is 1. The van der Waals surface area contributed by atoms with Crippen LogP contribution >= 0.6 is 24.0 Å². The number of aromatic carboxylic acids is 1. The van der Waals surface area contributed by atoms with Crippen molar-refractivity contribution in [1.82, 2.24) is 4.90 Å². The van der Waals surface area contributed by atoms with Gasteiger partial charge in [-0.1, -0.05) is 43.0 Å². The van der Waals surface area contributed by atoms with E-state index >= 15 is 0 Å². The van der Waals surface area contributed by atoms with Gasteiger partial charge in [-0.15, -0.1) is 0 Å². The van der Waals surface area contributed by atoms with Gasteiger partial charge in [-0.2, -0.15) is 0 Å². The van der Waals surface area contributed by atoms with Crippen LogP contribution in [0.15, 0.2) is 45.7 Å². The van der Waals surface area contributed by atoms with E-state index in [1.807, 2.05) is 6.92 Å². The number of thioether (sulfide) groups is 1. The number of benzene rings is 1. The number of carboxylic acid groups (broad SMARTS) is 1. The normalized spacial score (nSPS) is 16.0. The summed E-state index contributed by atoms with van der Waals surface area (Å²) in [5.74, 6) is 0.0861. The molecular weight excluding hydrogens is 358 g/mol. The van der Waals surface area contributed by atoms with E-state index in [0.717, 1.165) is 12.0 Å². The molecule has 0 radical (unpaired) electrons. The molecule has 2 aromatic rings. The topological polar surface area (TPSA) is 70.8 Å². The van der Waals surface area contributed by atoms with Crippen LogP contribution in [0.25, 0.3) is 17.4 Å². The molecule has 1 saturated heterocycles. The van der Waals surface area contributed by atoms with Crippen LogP contribution in [0.4, 0.5) is 0 Å². The second kappa shape index (κ2) is 7.25. The Hall–Kier alpha value is -2.38. The van der Waals surface area contributed by atoms with Gasteiger partial charge in [0.05, 0.1) is 10.5 Å². The summed E-state index contributed by atoms with van der Waals surface area (Å²) in [4.78, 5) is 25.4. The van der Waals surface area contributed by atoms with Crippen molar-refractivity contribution in [2.24, 2.45) is 0 Å². The zero-order chi connectivity index (χ0) is 18.0. The first-order valence-corrected chi connectivity index (χ1v) is 8.91. The number of amides is 1. The summed E-state index contributed by atoms with van der Waals surface area (Å²) < 4.78 is 6.32. The molecule has 1 aliphatic heterocycles. The van der Waals surface area contributed by atoms with Crippen molar-refractivity contribution in [2.75, 3.05) is 6.54 Å². The van der Waals surface area contributed by atoms with Gasteiger partial charge in [-0.3, -0.25) is 9.69 Å². The van der Waals surface area contributed by atoms with E-state index in [0.29, 0.717) is 27.3 Å². The lowest BCUT2D eigenvalue weighted by Gasteiger charge is -2.11. The molecule has 1 aromatic carbocycles. The summed E-state index contributed by atoms with van der Waals surface area (Å²) in [6.45, 7) is 2.61. The lowest BCUT2D eigenvalue weighted by atomic mass is 10.1. The highest BCUT2D eigenvalue weighted by Gasteiger charge is 2.31. The van der Waals surface area contributed by atoms with E-state index < -0.39 is 5.97 Å². The highest BCUT2D eigenvalue weighted by Crippen LogP contribution is 2.33. The number of furan rings is 1. The SMILES string of the molecule is CCCN1C(=O)/C(=C\c2ccc(-c3ccc(C(=O)O)cc3)o2)SC1=S. The Kier molecular flexibility index (Phi) is 5.06. The van der Waals surface area contributed by atoms with Gasteiger partial charge in [0.25, 0.3) is 5.91 Å². The molecule has 0 aliphatic carbocycles. The van der Waals surface area contributed by atoms with Gasteiger partial charge in [-0.05, 0) is 30.7 Å². The van der Waals surface area contributed by atoms with Gasteiger partial charge in [0.1, 0.15) is 15.8 Å². The average molecular weight is 373 g/mol. The molecule has 25 heavy (non-hydrogen) atoms. The molecule has 1 aliphatic rings. The van der Waals surface area contributed by atoms with Crippen molar-refractivity contribution in [1.29, 1.82) is 0 Å². The molecule has 1 aromatic heterocycles. The van der Waals surface area contributed by atoms with Crippen LogP contribution in [0.2, 0.25) is 0 Å². The Morgan fingerprint density at radius 2 is 2.00 bits per heavy atom. The van der Waals surface area contributed by atoms with Crippen molar-refractivity contribution in [3.8, 4) is 11.3 Å². The van der Waals surface area contributed by atoms with E-state index in [1.54, 1.807) is 35.2 Å². The molecule has 0 unspecified atom stereocenters. The van der Waals surface area contributed by atoms with Crippen LogP contribution < -0.4 is 0 Å². The third-order valence-corrected chi connectivity index (χ3v) is 5.02. The Morgan fingerprint density at radius 3 is 2.64 bits per heavy atom. The molecule has 0 spiro atoms. The lowest BCUT2D eigenvalue weighted by molar-refractivity contribution is -0.122. The fourth-order valence-corrected chi connectivity index (χ4v) is 3.70. The minimum Gasteiger partial charge on any atom is -0.478 e. The molecule has 5 nitrogen and oxygen atoms in total. The van der Waals surface area contributed by atoms with Gasteiger partial charge < -0.3 is 9.52 Å². The molecule has 0 bridgehead atoms. The number of carbonyl (C=O) groups is 2. The summed E-state index contributed by atoms with van der Waals surface area (Å²) in [5.41, 5.74) is 0.985. The van der Waals surface area contributed by atoms with Crippen LogP contribution in [0.1, 0.15) is 29.5 Å². The quantitative estimate of drug-likeness (QED) is 0.624. The van der Waals surface area contributed by atoms with E-state index in [1.165, 1.54) is 23.9 Å². The van der Waals surface area contributed by atoms with E-state index in [-0.39, 0.29) is 11.5 Å². The fraction of sp³-hybridized carbons (Fsp3) is 0.167. The predicted molar refractivity (Wildman–Crippen MR) is 101 cm³/mol. The van der Waals surface area contributed by atoms with Crippen molar-refractivity contribution >= 4 is 46.3 Å². The first-order chi connectivity index (χ1) is 12.0. The maximum absolute atomic E-state index is 12.3. The Bertz CT molecular complexity index is 867. The van der Waals surface area contributed by atoms with Gasteiger partial charge in [0.2, 0.25) is 0 Å². The molecule has 0 atom stereocenters. The van der Waals surface area contributed by atoms with Crippen molar-refractivity contribution in [3.05, 3.63) is 52.6 Å². The molecule has 1 fully saturated rings. The number of carboxylic acids is 1. The van der Waals surface area contributed by atoms with Crippen LogP contribution in [0, 0.1) is 0 Å². The molecule has 2 heterocycles. The highest BCUT2D eigenvalue weighted by molar-refractivity contribution is 8.26. The first-order valence-electron chi connectivity index (χ1n) is 7.68. The summed E-state index contributed by atoms with van der Waals surface area (Å²) in [6, 6.07) is 9.98. The zero-order valence-corrected chi connectivity index (χ0v) is 15.0. The monoisotopic (exact) mass is 373 g/mol. The van der Waals surface area contributed by atoms with Crippen molar-refractivity contribution in [3.63, 3.8) is 0 Å². The van der Waals surface area contributed by atoms with Crippen LogP contribution in [0.3, 0.4) is 0 Å². The van der Waals surface area contributed by atoms with Crippen LogP contribution in [-0.4, -0.2) is 32.7 Å². The Labute approximate surface area is 154 Å². The van der Waals surface area contributed by atoms with Gasteiger partial charge >= 0.3 is 5.97 Å². The molecule has 0 saturated carbocycles. The number of hydrogen-bond donors (Lipinski definition) is 1. The molecule has 7 heteroatoms. The number of hydrogen-bond acceptors (Lipinski definition) is 5. The van der Waals surface area contributed by atoms with Crippen LogP contribution in [-0.2, 0) is 4.79 Å². The highest BCUT2D eigenvalue weighted by atomic mass is 32.2. The minimum absolute atomic E-state index is 0.0967.